The molecule has 1 heterocycles. The first kappa shape index (κ1) is 22.9. The Labute approximate surface area is 179 Å². The molecule has 0 bridgehead atoms. The Hall–Kier alpha value is -2.76. The Morgan fingerprint density at radius 3 is 1.94 bits per heavy atom. The molecule has 1 aliphatic heterocycles. The van der Waals surface area contributed by atoms with E-state index in [0.29, 0.717) is 39.7 Å². The molecule has 1 aliphatic rings. The summed E-state index contributed by atoms with van der Waals surface area (Å²) in [6, 6.07) is 6.65. The molecule has 1 unspecified atom stereocenters. The fourth-order valence-corrected chi connectivity index (χ4v) is 3.27. The van der Waals surface area contributed by atoms with E-state index >= 15 is 0 Å². The summed E-state index contributed by atoms with van der Waals surface area (Å²) in [6.07, 6.45) is -2.32. The average Bonchev–Trinajstić information content (AvgIpc) is 3.11. The highest BCUT2D eigenvalue weighted by Gasteiger charge is 2.33. The van der Waals surface area contributed by atoms with Crippen LogP contribution >= 0.6 is 0 Å². The molecule has 170 valence electrons. The van der Waals surface area contributed by atoms with Gasteiger partial charge in [-0.1, -0.05) is 6.07 Å². The van der Waals surface area contributed by atoms with E-state index in [1.165, 1.54) is 35.5 Å². The van der Waals surface area contributed by atoms with Crippen molar-refractivity contribution in [3.63, 3.8) is 0 Å². The fraction of sp³-hybridized carbons (Fsp3) is 0.429. The maximum atomic E-state index is 11.4. The molecule has 1 saturated heterocycles. The van der Waals surface area contributed by atoms with Crippen molar-refractivity contribution in [1.82, 2.24) is 0 Å². The van der Waals surface area contributed by atoms with Gasteiger partial charge < -0.3 is 28.8 Å². The second-order valence-corrected chi connectivity index (χ2v) is 6.33. The smallest absolute Gasteiger partial charge is 0.250 e. The van der Waals surface area contributed by atoms with Crippen LogP contribution in [0.2, 0.25) is 0 Å². The Morgan fingerprint density at radius 1 is 0.774 bits per heavy atom. The van der Waals surface area contributed by atoms with E-state index in [1.807, 2.05) is 0 Å². The van der Waals surface area contributed by atoms with Crippen molar-refractivity contribution >= 4 is 0 Å². The summed E-state index contributed by atoms with van der Waals surface area (Å²) in [7, 11) is 7.45. The topological polar surface area (TPSA) is 103 Å². The summed E-state index contributed by atoms with van der Waals surface area (Å²) < 4.78 is 27.2. The second kappa shape index (κ2) is 10.5. The first-order valence-corrected chi connectivity index (χ1v) is 9.38. The van der Waals surface area contributed by atoms with Crippen molar-refractivity contribution in [2.45, 2.75) is 12.4 Å². The lowest BCUT2D eigenvalue weighted by atomic mass is 9.94. The number of aliphatic hydroxyl groups is 1. The van der Waals surface area contributed by atoms with Gasteiger partial charge >= 0.3 is 0 Å². The predicted octanol–water partition coefficient (Wildman–Crippen LogP) is 2.72. The third kappa shape index (κ3) is 4.63. The minimum absolute atomic E-state index is 0.175. The number of hydrogen-bond acceptors (Lipinski definition) is 10. The molecule has 2 aromatic rings. The van der Waals surface area contributed by atoms with Gasteiger partial charge in [0.25, 0.3) is 0 Å². The van der Waals surface area contributed by atoms with Crippen LogP contribution in [-0.2, 0) is 19.6 Å². The molecule has 10 nitrogen and oxygen atoms in total. The van der Waals surface area contributed by atoms with Crippen molar-refractivity contribution in [2.24, 2.45) is 0 Å². The Balaban J connectivity index is 2.20. The number of ether oxygens (including phenoxy) is 5. The summed E-state index contributed by atoms with van der Waals surface area (Å²) in [6.45, 7) is 0.350. The standard InChI is InChI=1S/C21H26O10/c1-23-14-7-6-12(10-15(14)24-2)18(22)17-13(21-30-28-8-9-29-31-21)11-16(25-3)19(26-4)20(17)27-5/h6-7,10-11,18,21-22H,8-9H2,1-5H3. The highest BCUT2D eigenvalue weighted by Crippen LogP contribution is 2.48. The van der Waals surface area contributed by atoms with Gasteiger partial charge in [0.05, 0.1) is 35.5 Å². The van der Waals surface area contributed by atoms with Gasteiger partial charge in [-0.2, -0.15) is 9.78 Å². The minimum atomic E-state index is -1.19. The van der Waals surface area contributed by atoms with Gasteiger partial charge in [0.1, 0.15) is 19.3 Å². The Bertz CT molecular complexity index is 877. The number of methoxy groups -OCH3 is 5. The normalized spacial score (nSPS) is 15.7. The molecule has 1 fully saturated rings. The average molecular weight is 438 g/mol. The predicted molar refractivity (Wildman–Crippen MR) is 107 cm³/mol. The van der Waals surface area contributed by atoms with E-state index in [1.54, 1.807) is 24.3 Å². The highest BCUT2D eigenvalue weighted by atomic mass is 17.3. The van der Waals surface area contributed by atoms with Gasteiger partial charge in [-0.25, -0.2) is 9.78 Å². The Kier molecular flexibility index (Phi) is 7.77. The highest BCUT2D eigenvalue weighted by molar-refractivity contribution is 5.62. The molecule has 0 spiro atoms. The maximum absolute atomic E-state index is 11.4. The molecule has 0 radical (unpaired) electrons. The first-order chi connectivity index (χ1) is 15.1. The lowest BCUT2D eigenvalue weighted by Gasteiger charge is -2.25. The molecule has 0 saturated carbocycles. The van der Waals surface area contributed by atoms with Crippen LogP contribution in [0.5, 0.6) is 28.7 Å². The van der Waals surface area contributed by atoms with E-state index in [2.05, 4.69) is 0 Å². The van der Waals surface area contributed by atoms with Crippen molar-refractivity contribution in [1.29, 1.82) is 0 Å². The molecule has 2 aromatic carbocycles. The number of aliphatic hydroxyl groups excluding tert-OH is 1. The van der Waals surface area contributed by atoms with Crippen LogP contribution in [0, 0.1) is 0 Å². The third-order valence-electron chi connectivity index (χ3n) is 4.71. The summed E-state index contributed by atoms with van der Waals surface area (Å²) in [5.74, 6) is 1.84. The van der Waals surface area contributed by atoms with E-state index in [4.69, 9.17) is 43.2 Å². The number of hydrogen-bond donors (Lipinski definition) is 1. The SMILES string of the molecule is COc1ccc(C(O)c2c(C3OOCCOO3)cc(OC)c(OC)c2OC)cc1OC. The molecule has 0 amide bonds. The van der Waals surface area contributed by atoms with Crippen LogP contribution in [0.4, 0.5) is 0 Å². The van der Waals surface area contributed by atoms with Crippen molar-refractivity contribution in [2.75, 3.05) is 48.8 Å². The molecule has 1 atom stereocenters. The van der Waals surface area contributed by atoms with Gasteiger partial charge in [-0.15, -0.1) is 0 Å². The van der Waals surface area contributed by atoms with E-state index in [9.17, 15) is 5.11 Å². The fourth-order valence-electron chi connectivity index (χ4n) is 3.27. The minimum Gasteiger partial charge on any atom is -0.493 e. The summed E-state index contributed by atoms with van der Waals surface area (Å²) in [5, 5.41) is 11.4. The number of benzene rings is 2. The lowest BCUT2D eigenvalue weighted by molar-refractivity contribution is -0.430. The molecular weight excluding hydrogens is 412 g/mol. The molecule has 31 heavy (non-hydrogen) atoms. The third-order valence-corrected chi connectivity index (χ3v) is 4.71. The quantitative estimate of drug-likeness (QED) is 0.619. The van der Waals surface area contributed by atoms with Crippen molar-refractivity contribution in [3.05, 3.63) is 41.0 Å². The molecule has 10 heteroatoms. The van der Waals surface area contributed by atoms with Gasteiger partial charge in [0.15, 0.2) is 23.0 Å². The molecule has 1 N–H and O–H groups in total. The molecule has 0 aliphatic carbocycles. The van der Waals surface area contributed by atoms with Gasteiger partial charge in [-0.3, -0.25) is 0 Å². The van der Waals surface area contributed by atoms with Gasteiger partial charge in [0.2, 0.25) is 12.0 Å². The maximum Gasteiger partial charge on any atom is 0.250 e. The second-order valence-electron chi connectivity index (χ2n) is 6.33. The zero-order valence-electron chi connectivity index (χ0n) is 18.0. The van der Waals surface area contributed by atoms with Crippen LogP contribution in [0.25, 0.3) is 0 Å². The molecular formula is C21H26O10. The van der Waals surface area contributed by atoms with Gasteiger partial charge in [-0.05, 0) is 23.8 Å². The molecule has 0 aromatic heterocycles. The summed E-state index contributed by atoms with van der Waals surface area (Å²) in [5.41, 5.74) is 1.17. The van der Waals surface area contributed by atoms with Crippen molar-refractivity contribution < 1.29 is 48.3 Å². The largest absolute Gasteiger partial charge is 0.493 e. The monoisotopic (exact) mass is 438 g/mol. The zero-order chi connectivity index (χ0) is 22.4. The van der Waals surface area contributed by atoms with Crippen LogP contribution in [-0.4, -0.2) is 53.9 Å². The first-order valence-electron chi connectivity index (χ1n) is 9.38. The van der Waals surface area contributed by atoms with Crippen LogP contribution in [0.15, 0.2) is 24.3 Å². The van der Waals surface area contributed by atoms with Gasteiger partial charge in [0, 0.05) is 11.1 Å². The van der Waals surface area contributed by atoms with E-state index < -0.39 is 12.4 Å². The molecule has 3 rings (SSSR count). The van der Waals surface area contributed by atoms with Crippen molar-refractivity contribution in [3.8, 4) is 28.7 Å². The Morgan fingerprint density at radius 2 is 1.39 bits per heavy atom. The summed E-state index contributed by atoms with van der Waals surface area (Å²) in [4.78, 5) is 20.8. The number of rotatable bonds is 8. The summed E-state index contributed by atoms with van der Waals surface area (Å²) >= 11 is 0. The van der Waals surface area contributed by atoms with E-state index in [-0.39, 0.29) is 19.0 Å². The van der Waals surface area contributed by atoms with E-state index in [0.717, 1.165) is 0 Å². The lowest BCUT2D eigenvalue weighted by Crippen LogP contribution is -2.15. The van der Waals surface area contributed by atoms with Crippen LogP contribution in [0.1, 0.15) is 29.1 Å². The van der Waals surface area contributed by atoms with Crippen LogP contribution < -0.4 is 23.7 Å². The zero-order valence-corrected chi connectivity index (χ0v) is 18.0. The van der Waals surface area contributed by atoms with Crippen LogP contribution in [0.3, 0.4) is 0 Å².